The van der Waals surface area contributed by atoms with Crippen LogP contribution in [0.25, 0.3) is 0 Å². The summed E-state index contributed by atoms with van der Waals surface area (Å²) in [5.41, 5.74) is 0.953. The molecule has 0 fully saturated rings. The van der Waals surface area contributed by atoms with Crippen molar-refractivity contribution < 1.29 is 17.9 Å². The van der Waals surface area contributed by atoms with E-state index < -0.39 is 17.6 Å². The van der Waals surface area contributed by atoms with Crippen molar-refractivity contribution in [3.63, 3.8) is 0 Å². The van der Waals surface area contributed by atoms with Gasteiger partial charge in [-0.15, -0.1) is 0 Å². The van der Waals surface area contributed by atoms with Gasteiger partial charge in [0, 0.05) is 18.9 Å². The number of ether oxygens (including phenoxy) is 1. The van der Waals surface area contributed by atoms with Crippen LogP contribution in [0.1, 0.15) is 31.9 Å². The highest BCUT2D eigenvalue weighted by Gasteiger charge is 2.36. The van der Waals surface area contributed by atoms with Gasteiger partial charge in [0.15, 0.2) is 0 Å². The Morgan fingerprint density at radius 3 is 2.56 bits per heavy atom. The average Bonchev–Trinajstić information content (AvgIpc) is 2.58. The topological polar surface area (TPSA) is 38.2 Å². The Balaban J connectivity index is 2.38. The molecule has 0 saturated heterocycles. The van der Waals surface area contributed by atoms with E-state index in [1.165, 1.54) is 0 Å². The van der Waals surface area contributed by atoms with Gasteiger partial charge in [-0.3, -0.25) is 0 Å². The maximum absolute atomic E-state index is 13.2. The van der Waals surface area contributed by atoms with Crippen LogP contribution in [0.15, 0.2) is 30.5 Å². The highest BCUT2D eigenvalue weighted by molar-refractivity contribution is 5.58. The van der Waals surface area contributed by atoms with Gasteiger partial charge in [0.05, 0.1) is 6.61 Å². The van der Waals surface area contributed by atoms with Crippen LogP contribution in [0.4, 0.5) is 24.8 Å². The van der Waals surface area contributed by atoms with E-state index in [4.69, 9.17) is 4.74 Å². The third kappa shape index (κ3) is 4.84. The van der Waals surface area contributed by atoms with Crippen LogP contribution >= 0.6 is 0 Å². The van der Waals surface area contributed by atoms with E-state index in [1.807, 2.05) is 45.0 Å². The van der Waals surface area contributed by atoms with Crippen LogP contribution in [0.2, 0.25) is 0 Å². The van der Waals surface area contributed by atoms with Crippen molar-refractivity contribution in [1.29, 1.82) is 0 Å². The molecule has 0 saturated carbocycles. The van der Waals surface area contributed by atoms with Crippen molar-refractivity contribution in [2.45, 2.75) is 33.4 Å². The van der Waals surface area contributed by atoms with Crippen molar-refractivity contribution in [1.82, 2.24) is 9.97 Å². The summed E-state index contributed by atoms with van der Waals surface area (Å²) in [7, 11) is 1.71. The number of hydrogen-bond acceptors (Lipinski definition) is 4. The van der Waals surface area contributed by atoms with Gasteiger partial charge in [0.1, 0.15) is 5.56 Å². The van der Waals surface area contributed by atoms with Crippen molar-refractivity contribution in [3.05, 3.63) is 41.6 Å². The fourth-order valence-electron chi connectivity index (χ4n) is 2.17. The van der Waals surface area contributed by atoms with Crippen LogP contribution < -0.4 is 9.64 Å². The number of hydrogen-bond donors (Lipinski definition) is 0. The number of anilines is 2. The minimum absolute atomic E-state index is 0.0819. The molecule has 0 aliphatic rings. The zero-order valence-corrected chi connectivity index (χ0v) is 14.8. The maximum Gasteiger partial charge on any atom is 0.423 e. The number of benzene rings is 1. The predicted molar refractivity (Wildman–Crippen MR) is 91.3 cm³/mol. The molecule has 25 heavy (non-hydrogen) atoms. The van der Waals surface area contributed by atoms with Crippen molar-refractivity contribution >= 4 is 11.6 Å². The molecule has 4 nitrogen and oxygen atoms in total. The summed E-state index contributed by atoms with van der Waals surface area (Å²) in [5.74, 6) is -0.205. The van der Waals surface area contributed by atoms with Crippen LogP contribution in [-0.2, 0) is 12.6 Å². The number of halogens is 3. The predicted octanol–water partition coefficient (Wildman–Crippen LogP) is 4.86. The lowest BCUT2D eigenvalue weighted by atomic mass is 10.1. The van der Waals surface area contributed by atoms with E-state index in [-0.39, 0.29) is 18.5 Å². The SMILES string of the molecule is CCc1cccc(N(C)c2ncc(C(F)(F)F)c(OCC(C)C)n2)c1. The lowest BCUT2D eigenvalue weighted by Gasteiger charge is -2.20. The molecule has 0 spiro atoms. The van der Waals surface area contributed by atoms with Gasteiger partial charge in [-0.25, -0.2) is 4.98 Å². The Bertz CT molecular complexity index is 717. The van der Waals surface area contributed by atoms with Gasteiger partial charge < -0.3 is 9.64 Å². The summed E-state index contributed by atoms with van der Waals surface area (Å²) in [6.45, 7) is 5.90. The highest BCUT2D eigenvalue weighted by atomic mass is 19.4. The number of aromatic nitrogens is 2. The molecule has 0 aliphatic heterocycles. The lowest BCUT2D eigenvalue weighted by Crippen LogP contribution is -2.18. The van der Waals surface area contributed by atoms with Crippen molar-refractivity contribution in [2.24, 2.45) is 5.92 Å². The molecule has 0 unspecified atom stereocenters. The molecule has 0 N–H and O–H groups in total. The summed E-state index contributed by atoms with van der Waals surface area (Å²) in [6.07, 6.45) is -2.93. The Morgan fingerprint density at radius 2 is 1.96 bits per heavy atom. The van der Waals surface area contributed by atoms with Crippen LogP contribution in [0, 0.1) is 5.92 Å². The van der Waals surface area contributed by atoms with E-state index in [2.05, 4.69) is 9.97 Å². The highest BCUT2D eigenvalue weighted by Crippen LogP contribution is 2.36. The van der Waals surface area contributed by atoms with Gasteiger partial charge in [-0.1, -0.05) is 32.9 Å². The molecular weight excluding hydrogens is 331 g/mol. The third-order valence-corrected chi connectivity index (χ3v) is 3.61. The van der Waals surface area contributed by atoms with E-state index in [1.54, 1.807) is 11.9 Å². The van der Waals surface area contributed by atoms with E-state index >= 15 is 0 Å². The first-order valence-corrected chi connectivity index (χ1v) is 8.12. The molecule has 136 valence electrons. The van der Waals surface area contributed by atoms with Crippen molar-refractivity contribution in [2.75, 3.05) is 18.6 Å². The molecular formula is C18H22F3N3O. The molecule has 1 aromatic carbocycles. The first kappa shape index (κ1) is 19.0. The third-order valence-electron chi connectivity index (χ3n) is 3.61. The minimum atomic E-state index is -4.56. The summed E-state index contributed by atoms with van der Waals surface area (Å²) >= 11 is 0. The second-order valence-electron chi connectivity index (χ2n) is 6.17. The fourth-order valence-corrected chi connectivity index (χ4v) is 2.17. The lowest BCUT2D eigenvalue weighted by molar-refractivity contribution is -0.139. The summed E-state index contributed by atoms with van der Waals surface area (Å²) in [5, 5.41) is 0. The monoisotopic (exact) mass is 353 g/mol. The summed E-state index contributed by atoms with van der Waals surface area (Å²) < 4.78 is 44.8. The largest absolute Gasteiger partial charge is 0.477 e. The molecule has 1 aromatic heterocycles. The summed E-state index contributed by atoms with van der Waals surface area (Å²) in [6, 6.07) is 7.69. The van der Waals surface area contributed by atoms with Gasteiger partial charge in [-0.2, -0.15) is 18.2 Å². The van der Waals surface area contributed by atoms with Crippen LogP contribution in [0.3, 0.4) is 0 Å². The molecule has 7 heteroatoms. The molecule has 0 atom stereocenters. The molecule has 2 rings (SSSR count). The molecule has 0 bridgehead atoms. The maximum atomic E-state index is 13.2. The molecule has 0 radical (unpaired) electrons. The second kappa shape index (κ2) is 7.72. The Kier molecular flexibility index (Phi) is 5.87. The zero-order chi connectivity index (χ0) is 18.6. The Hall–Kier alpha value is -2.31. The van der Waals surface area contributed by atoms with Crippen LogP contribution in [0.5, 0.6) is 5.88 Å². The number of nitrogens with zero attached hydrogens (tertiary/aromatic N) is 3. The molecule has 1 heterocycles. The quantitative estimate of drug-likeness (QED) is 0.743. The van der Waals surface area contributed by atoms with E-state index in [9.17, 15) is 13.2 Å². The van der Waals surface area contributed by atoms with Gasteiger partial charge >= 0.3 is 6.18 Å². The van der Waals surface area contributed by atoms with E-state index in [0.717, 1.165) is 23.9 Å². The molecule has 0 aliphatic carbocycles. The summed E-state index contributed by atoms with van der Waals surface area (Å²) in [4.78, 5) is 9.54. The number of rotatable bonds is 6. The Morgan fingerprint density at radius 1 is 1.24 bits per heavy atom. The number of aryl methyl sites for hydroxylation is 1. The fraction of sp³-hybridized carbons (Fsp3) is 0.444. The molecule has 0 amide bonds. The first-order valence-electron chi connectivity index (χ1n) is 8.12. The minimum Gasteiger partial charge on any atom is -0.477 e. The molecule has 2 aromatic rings. The smallest absolute Gasteiger partial charge is 0.423 e. The van der Waals surface area contributed by atoms with Gasteiger partial charge in [-0.05, 0) is 30.0 Å². The van der Waals surface area contributed by atoms with Crippen LogP contribution in [-0.4, -0.2) is 23.6 Å². The zero-order valence-electron chi connectivity index (χ0n) is 14.8. The average molecular weight is 353 g/mol. The van der Waals surface area contributed by atoms with Gasteiger partial charge in [0.2, 0.25) is 11.8 Å². The normalized spacial score (nSPS) is 11.7. The van der Waals surface area contributed by atoms with E-state index in [0.29, 0.717) is 0 Å². The van der Waals surface area contributed by atoms with Crippen molar-refractivity contribution in [3.8, 4) is 5.88 Å². The first-order chi connectivity index (χ1) is 11.7. The second-order valence-corrected chi connectivity index (χ2v) is 6.17. The number of alkyl halides is 3. The Labute approximate surface area is 145 Å². The standard InChI is InChI=1S/C18H22F3N3O/c1-5-13-7-6-8-14(9-13)24(4)17-22-10-15(18(19,20)21)16(23-17)25-11-12(2)3/h6-10,12H,5,11H2,1-4H3. The van der Waals surface area contributed by atoms with Gasteiger partial charge in [0.25, 0.3) is 0 Å².